The van der Waals surface area contributed by atoms with Gasteiger partial charge in [-0.15, -0.1) is 0 Å². The number of ether oxygens (including phenoxy) is 1. The van der Waals surface area contributed by atoms with Gasteiger partial charge in [0.05, 0.1) is 18.2 Å². The fraction of sp³-hybridized carbons (Fsp3) is 0.316. The molecule has 1 aromatic carbocycles. The summed E-state index contributed by atoms with van der Waals surface area (Å²) in [5.74, 6) is -2.36. The van der Waals surface area contributed by atoms with Gasteiger partial charge >= 0.3 is 0 Å². The van der Waals surface area contributed by atoms with Crippen LogP contribution >= 0.6 is 0 Å². The number of anilines is 1. The van der Waals surface area contributed by atoms with Gasteiger partial charge in [-0.2, -0.15) is 0 Å². The molecule has 142 valence electrons. The molecule has 3 rings (SSSR count). The molecule has 1 saturated heterocycles. The minimum absolute atomic E-state index is 0.0211. The number of benzene rings is 1. The molecule has 1 aliphatic heterocycles. The Morgan fingerprint density at radius 3 is 2.89 bits per heavy atom. The molecule has 1 atom stereocenters. The summed E-state index contributed by atoms with van der Waals surface area (Å²) in [7, 11) is 0. The maximum absolute atomic E-state index is 13.9. The molecule has 1 fully saturated rings. The molecular weight excluding hydrogens is 356 g/mol. The van der Waals surface area contributed by atoms with Crippen LogP contribution in [0.25, 0.3) is 0 Å². The molecule has 2 amide bonds. The van der Waals surface area contributed by atoms with Crippen LogP contribution in [0.2, 0.25) is 0 Å². The Morgan fingerprint density at radius 2 is 2.15 bits per heavy atom. The number of hydrogen-bond donors (Lipinski definition) is 1. The molecule has 2 heterocycles. The number of pyridine rings is 1. The first-order valence-electron chi connectivity index (χ1n) is 8.58. The first-order valence-corrected chi connectivity index (χ1v) is 8.58. The minimum Gasteiger partial charge on any atom is -0.478 e. The van der Waals surface area contributed by atoms with Crippen molar-refractivity contribution in [1.82, 2.24) is 10.3 Å². The van der Waals surface area contributed by atoms with Crippen LogP contribution < -0.4 is 15.0 Å². The highest BCUT2D eigenvalue weighted by Crippen LogP contribution is 2.28. The quantitative estimate of drug-likeness (QED) is 0.842. The molecule has 0 aliphatic carbocycles. The van der Waals surface area contributed by atoms with E-state index < -0.39 is 17.6 Å². The van der Waals surface area contributed by atoms with Gasteiger partial charge in [-0.05, 0) is 30.7 Å². The van der Waals surface area contributed by atoms with E-state index in [1.807, 2.05) is 6.92 Å². The molecule has 6 nitrogen and oxygen atoms in total. The number of nitrogens with one attached hydrogen (secondary N) is 1. The number of aromatic nitrogens is 1. The van der Waals surface area contributed by atoms with E-state index in [2.05, 4.69) is 10.3 Å². The third kappa shape index (κ3) is 4.39. The summed E-state index contributed by atoms with van der Waals surface area (Å²) in [5, 5.41) is 2.77. The van der Waals surface area contributed by atoms with Gasteiger partial charge in [-0.25, -0.2) is 13.8 Å². The van der Waals surface area contributed by atoms with E-state index in [-0.39, 0.29) is 37.0 Å². The van der Waals surface area contributed by atoms with Crippen molar-refractivity contribution in [2.45, 2.75) is 19.9 Å². The summed E-state index contributed by atoms with van der Waals surface area (Å²) < 4.78 is 32.3. The monoisotopic (exact) mass is 375 g/mol. The second kappa shape index (κ2) is 8.11. The normalized spacial score (nSPS) is 16.5. The lowest BCUT2D eigenvalue weighted by Gasteiger charge is -2.17. The van der Waals surface area contributed by atoms with Gasteiger partial charge in [0.2, 0.25) is 17.7 Å². The molecule has 1 N–H and O–H groups in total. The number of hydrogen-bond acceptors (Lipinski definition) is 4. The molecular formula is C19H19F2N3O3. The van der Waals surface area contributed by atoms with Crippen LogP contribution in [0.4, 0.5) is 14.5 Å². The van der Waals surface area contributed by atoms with Gasteiger partial charge in [-0.3, -0.25) is 9.59 Å². The Morgan fingerprint density at radius 1 is 1.33 bits per heavy atom. The highest BCUT2D eigenvalue weighted by atomic mass is 19.1. The van der Waals surface area contributed by atoms with E-state index in [4.69, 9.17) is 4.74 Å². The van der Waals surface area contributed by atoms with Crippen LogP contribution in [-0.2, 0) is 16.1 Å². The van der Waals surface area contributed by atoms with Crippen molar-refractivity contribution in [3.63, 3.8) is 0 Å². The lowest BCUT2D eigenvalue weighted by atomic mass is 10.1. The zero-order valence-corrected chi connectivity index (χ0v) is 14.7. The second-order valence-electron chi connectivity index (χ2n) is 6.15. The Hall–Kier alpha value is -3.03. The van der Waals surface area contributed by atoms with Crippen molar-refractivity contribution in [2.75, 3.05) is 18.1 Å². The number of carbonyl (C=O) groups excluding carboxylic acids is 2. The Balaban J connectivity index is 1.61. The summed E-state index contributed by atoms with van der Waals surface area (Å²) in [4.78, 5) is 29.8. The van der Waals surface area contributed by atoms with Crippen LogP contribution in [0.15, 0.2) is 36.5 Å². The maximum Gasteiger partial charge on any atom is 0.227 e. The summed E-state index contributed by atoms with van der Waals surface area (Å²) in [5.41, 5.74) is 0.791. The van der Waals surface area contributed by atoms with Crippen molar-refractivity contribution in [3.05, 3.63) is 53.7 Å². The van der Waals surface area contributed by atoms with E-state index in [1.165, 1.54) is 11.0 Å². The molecule has 2 aromatic rings. The van der Waals surface area contributed by atoms with Crippen LogP contribution in [0.5, 0.6) is 5.88 Å². The van der Waals surface area contributed by atoms with Gasteiger partial charge in [0.25, 0.3) is 0 Å². The van der Waals surface area contributed by atoms with Crippen molar-refractivity contribution >= 4 is 17.5 Å². The van der Waals surface area contributed by atoms with Crippen molar-refractivity contribution in [2.24, 2.45) is 5.92 Å². The molecule has 0 spiro atoms. The number of carbonyl (C=O) groups is 2. The molecule has 8 heteroatoms. The third-order valence-electron chi connectivity index (χ3n) is 4.25. The SMILES string of the molecule is CCOc1cc(CNC(=O)C2CC(=O)N(c3ccc(F)cc3F)C2)ccn1. The average Bonchev–Trinajstić information content (AvgIpc) is 3.02. The zero-order valence-electron chi connectivity index (χ0n) is 14.7. The Kier molecular flexibility index (Phi) is 5.63. The maximum atomic E-state index is 13.9. The highest BCUT2D eigenvalue weighted by Gasteiger charge is 2.36. The van der Waals surface area contributed by atoms with Crippen LogP contribution in [0.3, 0.4) is 0 Å². The standard InChI is InChI=1S/C19H19F2N3O3/c1-2-27-17-7-12(5-6-22-17)10-23-19(26)13-8-18(25)24(11-13)16-4-3-14(20)9-15(16)21/h3-7,9,13H,2,8,10-11H2,1H3,(H,23,26). The summed E-state index contributed by atoms with van der Waals surface area (Å²) in [6, 6.07) is 6.48. The molecule has 1 unspecified atom stereocenters. The second-order valence-corrected chi connectivity index (χ2v) is 6.15. The van der Waals surface area contributed by atoms with Gasteiger partial charge in [0, 0.05) is 37.8 Å². The minimum atomic E-state index is -0.829. The van der Waals surface area contributed by atoms with E-state index in [0.29, 0.717) is 12.5 Å². The first-order chi connectivity index (χ1) is 13.0. The number of halogens is 2. The summed E-state index contributed by atoms with van der Waals surface area (Å²) >= 11 is 0. The van der Waals surface area contributed by atoms with Crippen molar-refractivity contribution < 1.29 is 23.1 Å². The molecule has 0 bridgehead atoms. The van der Waals surface area contributed by atoms with Crippen LogP contribution in [0.1, 0.15) is 18.9 Å². The lowest BCUT2D eigenvalue weighted by molar-refractivity contribution is -0.126. The first kappa shape index (κ1) is 18.8. The highest BCUT2D eigenvalue weighted by molar-refractivity contribution is 6.00. The van der Waals surface area contributed by atoms with E-state index in [0.717, 1.165) is 17.7 Å². The van der Waals surface area contributed by atoms with E-state index >= 15 is 0 Å². The fourth-order valence-corrected chi connectivity index (χ4v) is 2.94. The number of rotatable bonds is 6. The summed E-state index contributed by atoms with van der Waals surface area (Å²) in [6.45, 7) is 2.65. The summed E-state index contributed by atoms with van der Waals surface area (Å²) in [6.07, 6.45) is 1.56. The Labute approximate surface area is 155 Å². The predicted octanol–water partition coefficient (Wildman–Crippen LogP) is 2.43. The molecule has 0 radical (unpaired) electrons. The number of nitrogens with zero attached hydrogens (tertiary/aromatic N) is 2. The van der Waals surface area contributed by atoms with Gasteiger partial charge in [0.15, 0.2) is 0 Å². The Bertz CT molecular complexity index is 860. The molecule has 1 aromatic heterocycles. The number of amides is 2. The van der Waals surface area contributed by atoms with Gasteiger partial charge in [-0.1, -0.05) is 0 Å². The van der Waals surface area contributed by atoms with Crippen LogP contribution in [0, 0.1) is 17.6 Å². The predicted molar refractivity (Wildman–Crippen MR) is 94.1 cm³/mol. The van der Waals surface area contributed by atoms with Gasteiger partial charge in [0.1, 0.15) is 11.6 Å². The smallest absolute Gasteiger partial charge is 0.227 e. The fourth-order valence-electron chi connectivity index (χ4n) is 2.94. The molecule has 1 aliphatic rings. The largest absolute Gasteiger partial charge is 0.478 e. The topological polar surface area (TPSA) is 71.5 Å². The lowest BCUT2D eigenvalue weighted by Crippen LogP contribution is -2.32. The van der Waals surface area contributed by atoms with E-state index in [1.54, 1.807) is 18.3 Å². The molecule has 0 saturated carbocycles. The zero-order chi connectivity index (χ0) is 19.4. The van der Waals surface area contributed by atoms with E-state index in [9.17, 15) is 18.4 Å². The molecule has 27 heavy (non-hydrogen) atoms. The average molecular weight is 375 g/mol. The van der Waals surface area contributed by atoms with Crippen LogP contribution in [-0.4, -0.2) is 29.9 Å². The van der Waals surface area contributed by atoms with Gasteiger partial charge < -0.3 is 15.0 Å². The third-order valence-corrected chi connectivity index (χ3v) is 4.25. The van der Waals surface area contributed by atoms with Crippen molar-refractivity contribution in [1.29, 1.82) is 0 Å². The van der Waals surface area contributed by atoms with Crippen molar-refractivity contribution in [3.8, 4) is 5.88 Å².